The monoisotopic (exact) mass is 282 g/mol. The number of hydrogen-bond acceptors (Lipinski definition) is 3. The molecule has 3 nitrogen and oxygen atoms in total. The van der Waals surface area contributed by atoms with Crippen molar-refractivity contribution in [3.05, 3.63) is 11.1 Å². The second-order valence-corrected chi connectivity index (χ2v) is 5.72. The molecule has 0 aliphatic heterocycles. The maximum Gasteiger partial charge on any atom is 0.504 e. The van der Waals surface area contributed by atoms with Gasteiger partial charge in [-0.15, -0.1) is 0 Å². The van der Waals surface area contributed by atoms with Gasteiger partial charge in [-0.05, 0) is 25.8 Å². The van der Waals surface area contributed by atoms with Gasteiger partial charge in [-0.25, -0.2) is 0 Å². The normalized spacial score (nSPS) is 12.6. The fourth-order valence-electron chi connectivity index (χ4n) is 1.15. The zero-order valence-electron chi connectivity index (χ0n) is 9.09. The maximum absolute atomic E-state index is 5.63. The van der Waals surface area contributed by atoms with Crippen LogP contribution in [0.2, 0.25) is 6.04 Å². The van der Waals surface area contributed by atoms with Gasteiger partial charge in [-0.3, -0.25) is 0 Å². The predicted octanol–water partition coefficient (Wildman–Crippen LogP) is 2.94. The molecule has 0 unspecified atom stereocenters. The number of rotatable bonds is 8. The molecular weight excluding hydrogens is 264 g/mol. The minimum Gasteiger partial charge on any atom is -0.374 e. The molecular formula is C9H19BrO3Si. The van der Waals surface area contributed by atoms with Gasteiger partial charge in [0.05, 0.1) is 0 Å². The molecule has 84 valence electrons. The van der Waals surface area contributed by atoms with E-state index in [1.165, 1.54) is 0 Å². The van der Waals surface area contributed by atoms with E-state index in [0.29, 0.717) is 25.9 Å². The Hall–Kier alpha value is 0.317. The summed E-state index contributed by atoms with van der Waals surface area (Å²) in [6, 6.07) is 0.716. The molecule has 14 heavy (non-hydrogen) atoms. The van der Waals surface area contributed by atoms with Crippen LogP contribution in [0.1, 0.15) is 20.8 Å². The van der Waals surface area contributed by atoms with Crippen molar-refractivity contribution in [1.29, 1.82) is 0 Å². The van der Waals surface area contributed by atoms with Gasteiger partial charge in [0.15, 0.2) is 0 Å². The average molecular weight is 283 g/mol. The van der Waals surface area contributed by atoms with Crippen LogP contribution in [-0.4, -0.2) is 28.6 Å². The standard InChI is InChI=1S/C9H19BrO3Si/c1-4-11-14(12-5-2,13-6-3)9-7-8-10/h7-8H,4-6,9H2,1-3H3. The van der Waals surface area contributed by atoms with Gasteiger partial charge in [-0.1, -0.05) is 22.0 Å². The summed E-state index contributed by atoms with van der Waals surface area (Å²) in [6.45, 7) is 7.75. The van der Waals surface area contributed by atoms with E-state index in [2.05, 4.69) is 15.9 Å². The van der Waals surface area contributed by atoms with Gasteiger partial charge in [0.25, 0.3) is 0 Å². The van der Waals surface area contributed by atoms with Crippen molar-refractivity contribution < 1.29 is 13.3 Å². The Morgan fingerprint density at radius 1 is 1.00 bits per heavy atom. The molecule has 0 radical (unpaired) electrons. The molecule has 0 saturated carbocycles. The van der Waals surface area contributed by atoms with Gasteiger partial charge in [0.1, 0.15) is 0 Å². The summed E-state index contributed by atoms with van der Waals surface area (Å²) in [4.78, 5) is 1.81. The maximum atomic E-state index is 5.63. The summed E-state index contributed by atoms with van der Waals surface area (Å²) in [5.41, 5.74) is 0. The van der Waals surface area contributed by atoms with Gasteiger partial charge in [0, 0.05) is 25.9 Å². The first-order valence-electron chi connectivity index (χ1n) is 4.91. The van der Waals surface area contributed by atoms with E-state index in [-0.39, 0.29) is 0 Å². The van der Waals surface area contributed by atoms with Crippen LogP contribution in [0.3, 0.4) is 0 Å². The zero-order valence-corrected chi connectivity index (χ0v) is 11.7. The van der Waals surface area contributed by atoms with E-state index in [1.807, 2.05) is 31.8 Å². The lowest BCUT2D eigenvalue weighted by Crippen LogP contribution is -2.45. The van der Waals surface area contributed by atoms with Crippen LogP contribution in [0.5, 0.6) is 0 Å². The lowest BCUT2D eigenvalue weighted by Gasteiger charge is -2.27. The lowest BCUT2D eigenvalue weighted by molar-refractivity contribution is 0.0743. The quantitative estimate of drug-likeness (QED) is 0.641. The van der Waals surface area contributed by atoms with Gasteiger partial charge < -0.3 is 13.3 Å². The smallest absolute Gasteiger partial charge is 0.374 e. The summed E-state index contributed by atoms with van der Waals surface area (Å²) < 4.78 is 16.9. The molecule has 5 heteroatoms. The van der Waals surface area contributed by atoms with Gasteiger partial charge in [0.2, 0.25) is 0 Å². The van der Waals surface area contributed by atoms with Crippen LogP contribution < -0.4 is 0 Å². The van der Waals surface area contributed by atoms with Crippen molar-refractivity contribution in [3.8, 4) is 0 Å². The van der Waals surface area contributed by atoms with E-state index in [9.17, 15) is 0 Å². The SMILES string of the molecule is CCO[Si](CC=CBr)(OCC)OCC. The third-order valence-corrected chi connectivity index (χ3v) is 4.84. The summed E-state index contributed by atoms with van der Waals surface area (Å²) in [7, 11) is -2.43. The Kier molecular flexibility index (Phi) is 8.81. The van der Waals surface area contributed by atoms with Crippen molar-refractivity contribution in [2.45, 2.75) is 26.8 Å². The first-order chi connectivity index (χ1) is 6.74. The van der Waals surface area contributed by atoms with Crippen molar-refractivity contribution in [2.24, 2.45) is 0 Å². The minimum atomic E-state index is -2.43. The topological polar surface area (TPSA) is 27.7 Å². The Balaban J connectivity index is 4.36. The van der Waals surface area contributed by atoms with E-state index >= 15 is 0 Å². The molecule has 0 N–H and O–H groups in total. The predicted molar refractivity (Wildman–Crippen MR) is 63.5 cm³/mol. The van der Waals surface area contributed by atoms with Crippen molar-refractivity contribution in [1.82, 2.24) is 0 Å². The second-order valence-electron chi connectivity index (χ2n) is 2.55. The van der Waals surface area contributed by atoms with Gasteiger partial charge >= 0.3 is 8.80 Å². The molecule has 0 saturated heterocycles. The van der Waals surface area contributed by atoms with E-state index < -0.39 is 8.80 Å². The molecule has 0 amide bonds. The van der Waals surface area contributed by atoms with E-state index in [0.717, 1.165) is 0 Å². The minimum absolute atomic E-state index is 0.627. The van der Waals surface area contributed by atoms with Crippen molar-refractivity contribution in [2.75, 3.05) is 19.8 Å². The van der Waals surface area contributed by atoms with Crippen LogP contribution in [0.25, 0.3) is 0 Å². The number of halogens is 1. The zero-order chi connectivity index (χ0) is 10.9. The third-order valence-electron chi connectivity index (χ3n) is 1.55. The highest BCUT2D eigenvalue weighted by Crippen LogP contribution is 2.16. The Morgan fingerprint density at radius 2 is 1.43 bits per heavy atom. The summed E-state index contributed by atoms with van der Waals surface area (Å²) in [5.74, 6) is 0. The highest BCUT2D eigenvalue weighted by atomic mass is 79.9. The summed E-state index contributed by atoms with van der Waals surface area (Å²) in [6.07, 6.45) is 1.97. The summed E-state index contributed by atoms with van der Waals surface area (Å²) in [5, 5.41) is 0. The molecule has 0 aromatic rings. The number of hydrogen-bond donors (Lipinski definition) is 0. The molecule has 0 fully saturated rings. The van der Waals surface area contributed by atoms with Crippen LogP contribution >= 0.6 is 15.9 Å². The molecule has 0 aromatic heterocycles. The Bertz CT molecular complexity index is 147. The van der Waals surface area contributed by atoms with Crippen LogP contribution in [0, 0.1) is 0 Å². The second kappa shape index (κ2) is 8.61. The van der Waals surface area contributed by atoms with E-state index in [1.54, 1.807) is 0 Å². The molecule has 0 aliphatic carbocycles. The van der Waals surface area contributed by atoms with E-state index in [4.69, 9.17) is 13.3 Å². The Labute approximate surface area is 95.9 Å². The molecule has 0 atom stereocenters. The fourth-order valence-corrected chi connectivity index (χ4v) is 4.01. The molecule has 0 rings (SSSR count). The van der Waals surface area contributed by atoms with Gasteiger partial charge in [-0.2, -0.15) is 0 Å². The third kappa shape index (κ3) is 5.26. The van der Waals surface area contributed by atoms with Crippen molar-refractivity contribution >= 4 is 24.7 Å². The molecule has 0 aromatic carbocycles. The number of allylic oxidation sites excluding steroid dienone is 1. The average Bonchev–Trinajstić information content (AvgIpc) is 2.16. The molecule has 0 spiro atoms. The summed E-state index contributed by atoms with van der Waals surface area (Å²) >= 11 is 3.23. The molecule has 0 aliphatic rings. The highest BCUT2D eigenvalue weighted by Gasteiger charge is 2.38. The largest absolute Gasteiger partial charge is 0.504 e. The van der Waals surface area contributed by atoms with Crippen LogP contribution in [0.15, 0.2) is 11.1 Å². The lowest BCUT2D eigenvalue weighted by atomic mass is 10.8. The highest BCUT2D eigenvalue weighted by molar-refractivity contribution is 9.11. The van der Waals surface area contributed by atoms with Crippen molar-refractivity contribution in [3.63, 3.8) is 0 Å². The van der Waals surface area contributed by atoms with Crippen LogP contribution in [-0.2, 0) is 13.3 Å². The Morgan fingerprint density at radius 3 is 1.71 bits per heavy atom. The molecule has 0 bridgehead atoms. The fraction of sp³-hybridized carbons (Fsp3) is 0.778. The van der Waals surface area contributed by atoms with Crippen LogP contribution in [0.4, 0.5) is 0 Å². The first-order valence-corrected chi connectivity index (χ1v) is 7.76. The first kappa shape index (κ1) is 14.3. The molecule has 0 heterocycles.